The van der Waals surface area contributed by atoms with E-state index in [4.69, 9.17) is 16.3 Å². The Labute approximate surface area is 139 Å². The first-order valence-electron chi connectivity index (χ1n) is 6.90. The zero-order valence-electron chi connectivity index (χ0n) is 12.8. The Balaban J connectivity index is 2.03. The molecular formula is C15H19ClN2O3S. The minimum absolute atomic E-state index is 0.238. The van der Waals surface area contributed by atoms with Crippen molar-refractivity contribution in [1.82, 2.24) is 4.90 Å². The van der Waals surface area contributed by atoms with Crippen LogP contribution in [0.3, 0.4) is 0 Å². The highest BCUT2D eigenvalue weighted by atomic mass is 35.5. The molecule has 1 N–H and O–H groups in total. The maximum Gasteiger partial charge on any atom is 0.411 e. The quantitative estimate of drug-likeness (QED) is 0.892. The lowest BCUT2D eigenvalue weighted by Gasteiger charge is -2.27. The summed E-state index contributed by atoms with van der Waals surface area (Å²) >= 11 is 7.42. The van der Waals surface area contributed by atoms with Crippen LogP contribution in [0.1, 0.15) is 20.8 Å². The molecule has 22 heavy (non-hydrogen) atoms. The number of rotatable bonds is 2. The Kier molecular flexibility index (Phi) is 5.24. The van der Waals surface area contributed by atoms with Crippen molar-refractivity contribution in [3.8, 4) is 0 Å². The minimum atomic E-state index is -0.585. The molecule has 1 aliphatic heterocycles. The molecule has 1 saturated heterocycles. The van der Waals surface area contributed by atoms with E-state index in [1.807, 2.05) is 0 Å². The van der Waals surface area contributed by atoms with E-state index < -0.39 is 17.7 Å². The molecule has 120 valence electrons. The maximum atomic E-state index is 12.4. The monoisotopic (exact) mass is 342 g/mol. The SMILES string of the molecule is CC(C)(C)OC(=O)N1CSC[C@H]1C(=O)Nc1cccc(Cl)c1. The van der Waals surface area contributed by atoms with Crippen molar-refractivity contribution in [2.75, 3.05) is 16.9 Å². The first kappa shape index (κ1) is 17.0. The number of carbonyl (C=O) groups is 2. The average molecular weight is 343 g/mol. The van der Waals surface area contributed by atoms with Crippen LogP contribution in [-0.4, -0.2) is 40.2 Å². The van der Waals surface area contributed by atoms with Crippen LogP contribution in [0.15, 0.2) is 24.3 Å². The Bertz CT molecular complexity index is 574. The van der Waals surface area contributed by atoms with Crippen molar-refractivity contribution in [3.05, 3.63) is 29.3 Å². The van der Waals surface area contributed by atoms with Crippen molar-refractivity contribution >= 4 is 41.1 Å². The van der Waals surface area contributed by atoms with Crippen LogP contribution in [0, 0.1) is 0 Å². The molecule has 0 aromatic heterocycles. The van der Waals surface area contributed by atoms with Gasteiger partial charge in [-0.25, -0.2) is 4.79 Å². The molecule has 1 aromatic carbocycles. The van der Waals surface area contributed by atoms with Crippen molar-refractivity contribution < 1.29 is 14.3 Å². The zero-order valence-corrected chi connectivity index (χ0v) is 14.3. The Morgan fingerprint density at radius 2 is 2.14 bits per heavy atom. The standard InChI is InChI=1S/C15H19ClN2O3S/c1-15(2,3)21-14(20)18-9-22-8-12(18)13(19)17-11-6-4-5-10(16)7-11/h4-7,12H,8-9H2,1-3H3,(H,17,19)/t12-/m0/s1. The van der Waals surface area contributed by atoms with Gasteiger partial charge in [0.25, 0.3) is 0 Å². The molecule has 0 aliphatic carbocycles. The highest BCUT2D eigenvalue weighted by Gasteiger charge is 2.37. The van der Waals surface area contributed by atoms with Crippen molar-refractivity contribution in [2.45, 2.75) is 32.4 Å². The number of carbonyl (C=O) groups excluding carboxylic acids is 2. The largest absolute Gasteiger partial charge is 0.444 e. The molecule has 1 aromatic rings. The third-order valence-corrected chi connectivity index (χ3v) is 4.15. The van der Waals surface area contributed by atoms with Gasteiger partial charge in [0.05, 0.1) is 5.88 Å². The molecule has 1 heterocycles. The lowest BCUT2D eigenvalue weighted by molar-refractivity contribution is -0.120. The molecule has 7 heteroatoms. The predicted molar refractivity (Wildman–Crippen MR) is 89.3 cm³/mol. The highest BCUT2D eigenvalue weighted by Crippen LogP contribution is 2.25. The lowest BCUT2D eigenvalue weighted by Crippen LogP contribution is -2.46. The lowest BCUT2D eigenvalue weighted by atomic mass is 10.2. The summed E-state index contributed by atoms with van der Waals surface area (Å²) in [5, 5.41) is 3.33. The average Bonchev–Trinajstić information content (AvgIpc) is 2.85. The summed E-state index contributed by atoms with van der Waals surface area (Å²) in [7, 11) is 0. The van der Waals surface area contributed by atoms with Crippen molar-refractivity contribution in [1.29, 1.82) is 0 Å². The Morgan fingerprint density at radius 1 is 1.41 bits per heavy atom. The van der Waals surface area contributed by atoms with Gasteiger partial charge in [-0.05, 0) is 39.0 Å². The van der Waals surface area contributed by atoms with Crippen LogP contribution < -0.4 is 5.32 Å². The number of amides is 2. The van der Waals surface area contributed by atoms with E-state index in [2.05, 4.69) is 5.32 Å². The normalized spacial score (nSPS) is 18.2. The fraction of sp³-hybridized carbons (Fsp3) is 0.467. The number of nitrogens with zero attached hydrogens (tertiary/aromatic N) is 1. The van der Waals surface area contributed by atoms with Crippen LogP contribution in [0.25, 0.3) is 0 Å². The highest BCUT2D eigenvalue weighted by molar-refractivity contribution is 7.99. The maximum absolute atomic E-state index is 12.4. The van der Waals surface area contributed by atoms with Crippen LogP contribution >= 0.6 is 23.4 Å². The van der Waals surface area contributed by atoms with E-state index in [1.165, 1.54) is 16.7 Å². The number of halogens is 1. The Hall–Kier alpha value is -1.40. The second-order valence-electron chi connectivity index (χ2n) is 5.97. The molecule has 0 radical (unpaired) electrons. The summed E-state index contributed by atoms with van der Waals surface area (Å²) in [5.74, 6) is 0.756. The van der Waals surface area contributed by atoms with E-state index in [-0.39, 0.29) is 5.91 Å². The van der Waals surface area contributed by atoms with E-state index in [0.29, 0.717) is 22.3 Å². The molecule has 0 spiro atoms. The van der Waals surface area contributed by atoms with Crippen molar-refractivity contribution in [3.63, 3.8) is 0 Å². The molecule has 0 bridgehead atoms. The minimum Gasteiger partial charge on any atom is -0.444 e. The van der Waals surface area contributed by atoms with E-state index in [1.54, 1.807) is 45.0 Å². The van der Waals surface area contributed by atoms with Gasteiger partial charge in [-0.1, -0.05) is 17.7 Å². The van der Waals surface area contributed by atoms with Gasteiger partial charge < -0.3 is 10.1 Å². The van der Waals surface area contributed by atoms with Gasteiger partial charge in [0.1, 0.15) is 11.6 Å². The second-order valence-corrected chi connectivity index (χ2v) is 7.40. The Morgan fingerprint density at radius 3 is 2.77 bits per heavy atom. The zero-order chi connectivity index (χ0) is 16.3. The molecule has 5 nitrogen and oxygen atoms in total. The molecule has 2 amide bonds. The molecule has 1 fully saturated rings. The summed E-state index contributed by atoms with van der Waals surface area (Å²) in [6, 6.07) is 6.37. The first-order chi connectivity index (χ1) is 10.3. The third-order valence-electron chi connectivity index (χ3n) is 2.91. The summed E-state index contributed by atoms with van der Waals surface area (Å²) in [5.41, 5.74) is 0.0248. The van der Waals surface area contributed by atoms with Crippen molar-refractivity contribution in [2.24, 2.45) is 0 Å². The molecular weight excluding hydrogens is 324 g/mol. The summed E-state index contributed by atoms with van der Waals surface area (Å²) < 4.78 is 5.34. The van der Waals surface area contributed by atoms with E-state index in [0.717, 1.165) is 0 Å². The number of nitrogens with one attached hydrogen (secondary N) is 1. The molecule has 0 unspecified atom stereocenters. The molecule has 1 aliphatic rings. The molecule has 2 rings (SSSR count). The molecule has 1 atom stereocenters. The number of thioether (sulfide) groups is 1. The molecule has 0 saturated carbocycles. The van der Waals surface area contributed by atoms with Crippen LogP contribution in [0.5, 0.6) is 0 Å². The summed E-state index contributed by atoms with van der Waals surface area (Å²) in [6.07, 6.45) is -0.469. The smallest absolute Gasteiger partial charge is 0.411 e. The van der Waals surface area contributed by atoms with Crippen LogP contribution in [-0.2, 0) is 9.53 Å². The summed E-state index contributed by atoms with van der Waals surface area (Å²) in [6.45, 7) is 5.40. The fourth-order valence-electron chi connectivity index (χ4n) is 1.95. The summed E-state index contributed by atoms with van der Waals surface area (Å²) in [4.78, 5) is 26.0. The number of hydrogen-bond donors (Lipinski definition) is 1. The number of ether oxygens (including phenoxy) is 1. The van der Waals surface area contributed by atoms with Gasteiger partial charge in [-0.15, -0.1) is 11.8 Å². The predicted octanol–water partition coefficient (Wildman–Crippen LogP) is 3.59. The van der Waals surface area contributed by atoms with Gasteiger partial charge in [-0.3, -0.25) is 9.69 Å². The van der Waals surface area contributed by atoms with Gasteiger partial charge in [-0.2, -0.15) is 0 Å². The van der Waals surface area contributed by atoms with E-state index in [9.17, 15) is 9.59 Å². The van der Waals surface area contributed by atoms with Gasteiger partial charge in [0.15, 0.2) is 0 Å². The van der Waals surface area contributed by atoms with Gasteiger partial charge in [0.2, 0.25) is 5.91 Å². The first-order valence-corrected chi connectivity index (χ1v) is 8.43. The number of benzene rings is 1. The van der Waals surface area contributed by atoms with Crippen LogP contribution in [0.4, 0.5) is 10.5 Å². The number of hydrogen-bond acceptors (Lipinski definition) is 4. The number of anilines is 1. The van der Waals surface area contributed by atoms with E-state index >= 15 is 0 Å². The second kappa shape index (κ2) is 6.79. The fourth-order valence-corrected chi connectivity index (χ4v) is 3.28. The topological polar surface area (TPSA) is 58.6 Å². The van der Waals surface area contributed by atoms with Gasteiger partial charge in [0, 0.05) is 16.5 Å². The third kappa shape index (κ3) is 4.55. The van der Waals surface area contributed by atoms with Gasteiger partial charge >= 0.3 is 6.09 Å². The van der Waals surface area contributed by atoms with Crippen LogP contribution in [0.2, 0.25) is 5.02 Å².